The largest absolute Gasteiger partial charge is 0.478 e. The first-order chi connectivity index (χ1) is 22.4. The number of fused-ring (bicyclic) bond motifs is 1. The minimum absolute atomic E-state index is 0.0510. The van der Waals surface area contributed by atoms with Crippen LogP contribution >= 0.6 is 15.9 Å². The summed E-state index contributed by atoms with van der Waals surface area (Å²) in [5.41, 5.74) is 1.19. The first-order valence-corrected chi connectivity index (χ1v) is 16.6. The average molecular weight is 729 g/mol. The molecule has 6 aromatic rings. The van der Waals surface area contributed by atoms with Crippen molar-refractivity contribution < 1.29 is 35.5 Å². The number of hydrogen-bond acceptors (Lipinski definition) is 5. The van der Waals surface area contributed by atoms with E-state index in [2.05, 4.69) is 21.0 Å². The number of nitrogens with zero attached hydrogens (tertiary/aromatic N) is 3. The highest BCUT2D eigenvalue weighted by atomic mass is 79.9. The first kappa shape index (κ1) is 32.3. The highest BCUT2D eigenvalue weighted by Crippen LogP contribution is 2.37. The highest BCUT2D eigenvalue weighted by molar-refractivity contribution is 9.10. The van der Waals surface area contributed by atoms with E-state index in [1.807, 2.05) is 0 Å². The van der Waals surface area contributed by atoms with Gasteiger partial charge in [0, 0.05) is 35.7 Å². The van der Waals surface area contributed by atoms with Crippen molar-refractivity contribution in [2.45, 2.75) is 31.6 Å². The predicted octanol–water partition coefficient (Wildman–Crippen LogP) is 9.03. The molecule has 0 saturated carbocycles. The number of ether oxygens (including phenoxy) is 2. The van der Waals surface area contributed by atoms with Crippen molar-refractivity contribution in [3.63, 3.8) is 0 Å². The Morgan fingerprint density at radius 1 is 0.915 bits per heavy atom. The van der Waals surface area contributed by atoms with Crippen molar-refractivity contribution in [2.75, 3.05) is 6.61 Å². The lowest BCUT2D eigenvalue weighted by Crippen LogP contribution is -2.12. The molecule has 0 aliphatic heterocycles. The second-order valence-electron chi connectivity index (χ2n) is 10.7. The maximum absolute atomic E-state index is 15.7. The maximum Gasteiger partial charge on any atom is 0.268 e. The fraction of sp³-hybridized carbons (Fsp3) is 0.147. The fourth-order valence-electron chi connectivity index (χ4n) is 5.16. The van der Waals surface area contributed by atoms with Gasteiger partial charge in [0.05, 0.1) is 27.2 Å². The minimum Gasteiger partial charge on any atom is -0.478 e. The van der Waals surface area contributed by atoms with Crippen LogP contribution in [-0.4, -0.2) is 28.8 Å². The Morgan fingerprint density at radius 3 is 2.38 bits per heavy atom. The third-order valence-electron chi connectivity index (χ3n) is 7.63. The predicted molar refractivity (Wildman–Crippen MR) is 172 cm³/mol. The van der Waals surface area contributed by atoms with E-state index in [4.69, 9.17) is 9.47 Å². The van der Waals surface area contributed by atoms with Crippen LogP contribution in [0.5, 0.6) is 17.4 Å². The number of aryl methyl sites for hydroxylation is 1. The molecule has 47 heavy (non-hydrogen) atoms. The number of rotatable bonds is 9. The summed E-state index contributed by atoms with van der Waals surface area (Å²) < 4.78 is 101. The Kier molecular flexibility index (Phi) is 8.62. The summed E-state index contributed by atoms with van der Waals surface area (Å²) in [5.74, 6) is -4.89. The zero-order chi connectivity index (χ0) is 33.6. The summed E-state index contributed by atoms with van der Waals surface area (Å²) in [4.78, 5) is -0.0510. The van der Waals surface area contributed by atoms with E-state index in [-0.39, 0.29) is 44.2 Å². The number of aromatic nitrogens is 3. The van der Waals surface area contributed by atoms with Gasteiger partial charge in [-0.15, -0.1) is 0 Å². The lowest BCUT2D eigenvalue weighted by molar-refractivity contribution is 0.315. The molecule has 0 saturated heterocycles. The van der Waals surface area contributed by atoms with Crippen LogP contribution in [0.2, 0.25) is 0 Å². The Morgan fingerprint density at radius 2 is 1.66 bits per heavy atom. The molecule has 13 heteroatoms. The molecular formula is C34H26BrF4N3O4S. The van der Waals surface area contributed by atoms with Crippen LogP contribution < -0.4 is 9.47 Å². The van der Waals surface area contributed by atoms with Gasteiger partial charge in [0.15, 0.2) is 17.4 Å². The molecular weight excluding hydrogens is 702 g/mol. The fourth-order valence-corrected chi connectivity index (χ4v) is 6.88. The molecule has 0 spiro atoms. The summed E-state index contributed by atoms with van der Waals surface area (Å²) >= 11 is 3.19. The molecule has 1 unspecified atom stereocenters. The van der Waals surface area contributed by atoms with Crippen LogP contribution in [0.3, 0.4) is 0 Å². The van der Waals surface area contributed by atoms with Gasteiger partial charge in [0.2, 0.25) is 5.88 Å². The summed E-state index contributed by atoms with van der Waals surface area (Å²) in [6, 6.07) is 18.0. The van der Waals surface area contributed by atoms with Gasteiger partial charge in [-0.25, -0.2) is 30.0 Å². The van der Waals surface area contributed by atoms with E-state index >= 15 is 13.2 Å². The lowest BCUT2D eigenvalue weighted by Gasteiger charge is -2.13. The zero-order valence-corrected chi connectivity index (χ0v) is 27.5. The van der Waals surface area contributed by atoms with Crippen LogP contribution in [0.15, 0.2) is 94.4 Å². The van der Waals surface area contributed by atoms with Gasteiger partial charge in [-0.3, -0.25) is 0 Å². The monoisotopic (exact) mass is 727 g/mol. The number of benzene rings is 4. The normalized spacial score (nSPS) is 12.4. The molecule has 0 fully saturated rings. The standard InChI is InChI=1S/C34H26BrF4N3O4S/c1-4-45-31-18-28(20(3)23-6-5-7-25(35)32(23)38)40-42(31)30-16-21(10-13-26(30)36)46-34-27(37)17-29-24(33(34)39)14-15-41(29)47(43,44)22-11-8-19(2)9-12-22/h5-18,20H,4H2,1-3H3. The summed E-state index contributed by atoms with van der Waals surface area (Å²) in [6.07, 6.45) is 1.13. The van der Waals surface area contributed by atoms with E-state index in [0.29, 0.717) is 11.3 Å². The molecule has 0 aliphatic rings. The van der Waals surface area contributed by atoms with Crippen LogP contribution in [0.1, 0.15) is 36.6 Å². The molecule has 6 rings (SSSR count). The molecule has 0 aliphatic carbocycles. The number of halogens is 5. The molecule has 0 amide bonds. The van der Waals surface area contributed by atoms with Crippen molar-refractivity contribution in [2.24, 2.45) is 0 Å². The van der Waals surface area contributed by atoms with Gasteiger partial charge in [-0.2, -0.15) is 9.78 Å². The summed E-state index contributed by atoms with van der Waals surface area (Å²) in [5, 5.41) is 4.29. The van der Waals surface area contributed by atoms with Crippen LogP contribution in [0, 0.1) is 30.2 Å². The van der Waals surface area contributed by atoms with E-state index in [0.717, 1.165) is 27.9 Å². The molecule has 1 atom stereocenters. The molecule has 0 radical (unpaired) electrons. The Hall–Kier alpha value is -4.62. The lowest BCUT2D eigenvalue weighted by atomic mass is 9.97. The molecule has 242 valence electrons. The molecule has 0 N–H and O–H groups in total. The third-order valence-corrected chi connectivity index (χ3v) is 9.95. The van der Waals surface area contributed by atoms with E-state index in [9.17, 15) is 12.8 Å². The van der Waals surface area contributed by atoms with Gasteiger partial charge >= 0.3 is 0 Å². The average Bonchev–Trinajstić information content (AvgIpc) is 3.67. The summed E-state index contributed by atoms with van der Waals surface area (Å²) in [6.45, 7) is 5.48. The van der Waals surface area contributed by atoms with Gasteiger partial charge < -0.3 is 9.47 Å². The first-order valence-electron chi connectivity index (χ1n) is 14.4. The quantitative estimate of drug-likeness (QED) is 0.139. The third kappa shape index (κ3) is 5.89. The smallest absolute Gasteiger partial charge is 0.268 e. The maximum atomic E-state index is 15.7. The van der Waals surface area contributed by atoms with Crippen molar-refractivity contribution in [1.29, 1.82) is 0 Å². The molecule has 7 nitrogen and oxygen atoms in total. The van der Waals surface area contributed by atoms with Gasteiger partial charge in [-0.1, -0.05) is 36.8 Å². The van der Waals surface area contributed by atoms with Crippen molar-refractivity contribution >= 4 is 36.9 Å². The van der Waals surface area contributed by atoms with Crippen molar-refractivity contribution in [3.8, 4) is 23.1 Å². The molecule has 4 aromatic carbocycles. The van der Waals surface area contributed by atoms with Gasteiger partial charge in [0.25, 0.3) is 10.0 Å². The molecule has 2 aromatic heterocycles. The zero-order valence-electron chi connectivity index (χ0n) is 25.1. The highest BCUT2D eigenvalue weighted by Gasteiger charge is 2.26. The number of hydrogen-bond donors (Lipinski definition) is 0. The van der Waals surface area contributed by atoms with Crippen LogP contribution in [-0.2, 0) is 10.0 Å². The molecule has 2 heterocycles. The van der Waals surface area contributed by atoms with E-state index in [1.54, 1.807) is 57.2 Å². The topological polar surface area (TPSA) is 75.3 Å². The van der Waals surface area contributed by atoms with Crippen molar-refractivity contribution in [3.05, 3.63) is 130 Å². The van der Waals surface area contributed by atoms with Crippen molar-refractivity contribution in [1.82, 2.24) is 13.8 Å². The Bertz CT molecular complexity index is 2250. The van der Waals surface area contributed by atoms with Crippen LogP contribution in [0.25, 0.3) is 16.6 Å². The van der Waals surface area contributed by atoms with Crippen LogP contribution in [0.4, 0.5) is 17.6 Å². The Balaban J connectivity index is 1.37. The van der Waals surface area contributed by atoms with E-state index in [1.165, 1.54) is 35.0 Å². The molecule has 0 bridgehead atoms. The second-order valence-corrected chi connectivity index (χ2v) is 13.4. The minimum atomic E-state index is -4.16. The van der Waals surface area contributed by atoms with Gasteiger partial charge in [-0.05, 0) is 71.7 Å². The van der Waals surface area contributed by atoms with Gasteiger partial charge in [0.1, 0.15) is 23.1 Å². The summed E-state index contributed by atoms with van der Waals surface area (Å²) in [7, 11) is -4.16. The SMILES string of the molecule is CCOc1cc(C(C)c2cccc(Br)c2F)nn1-c1cc(Oc2c(F)cc3c(ccn3S(=O)(=O)c3ccc(C)cc3)c2F)ccc1F. The van der Waals surface area contributed by atoms with E-state index < -0.39 is 45.0 Å². The second kappa shape index (κ2) is 12.5. The Labute approximate surface area is 276 Å².